The zero-order valence-corrected chi connectivity index (χ0v) is 17.8. The molecule has 0 fully saturated rings. The molecule has 0 amide bonds. The summed E-state index contributed by atoms with van der Waals surface area (Å²) in [4.78, 5) is 12.9. The maximum absolute atomic E-state index is 12.9. The fourth-order valence-corrected chi connectivity index (χ4v) is 3.29. The van der Waals surface area contributed by atoms with Crippen LogP contribution < -0.4 is 24.3 Å². The Kier molecular flexibility index (Phi) is 9.73. The molecule has 0 heterocycles. The van der Waals surface area contributed by atoms with Gasteiger partial charge in [0.25, 0.3) is 0 Å². The normalized spacial score (nSPS) is 10.6. The van der Waals surface area contributed by atoms with Crippen LogP contribution in [0.4, 0.5) is 0 Å². The Balaban J connectivity index is 0.00000364. The molecule has 7 heteroatoms. The average Bonchev–Trinajstić information content (AvgIpc) is 2.65. The van der Waals surface area contributed by atoms with Crippen molar-refractivity contribution in [3.05, 3.63) is 42.0 Å². The van der Waals surface area contributed by atoms with Crippen LogP contribution in [0.5, 0.6) is 23.0 Å². The fourth-order valence-electron chi connectivity index (χ4n) is 2.32. The topological polar surface area (TPSA) is 54.0 Å². The number of hydrogen-bond donors (Lipinski definition) is 0. The summed E-state index contributed by atoms with van der Waals surface area (Å²) in [5.74, 6) is 2.73. The van der Waals surface area contributed by atoms with Crippen LogP contribution in [0.1, 0.15) is 24.2 Å². The quantitative estimate of drug-likeness (QED) is 0.490. The van der Waals surface area contributed by atoms with Crippen molar-refractivity contribution in [1.82, 2.24) is 0 Å². The van der Waals surface area contributed by atoms with Crippen LogP contribution in [0.15, 0.2) is 36.4 Å². The maximum atomic E-state index is 12.9. The van der Waals surface area contributed by atoms with Gasteiger partial charge in [-0.15, -0.1) is 0 Å². The Morgan fingerprint density at radius 3 is 1.93 bits per heavy atom. The van der Waals surface area contributed by atoms with Crippen molar-refractivity contribution in [2.45, 2.75) is 13.8 Å². The Bertz CT molecular complexity index is 722. The zero-order valence-electron chi connectivity index (χ0n) is 16.8. The first kappa shape index (κ1) is 23.4. The standard InChI is InChI=1S/C20H25O5P.Li/c1-13(2)12-25-14-6-8-16(9-7-14)26-20(21)19-17(23-4)10-15(22-3)11-18(19)24-5;/h6-11,13,26H,12H2,1-5H3;. The number of methoxy groups -OCH3 is 3. The minimum atomic E-state index is -0.0581. The smallest absolute Gasteiger partial charge is 0.193 e. The molecule has 0 spiro atoms. The largest absolute Gasteiger partial charge is 0.496 e. The van der Waals surface area contributed by atoms with Gasteiger partial charge in [-0.05, 0) is 31.9 Å². The van der Waals surface area contributed by atoms with Gasteiger partial charge in [-0.25, -0.2) is 0 Å². The molecule has 5 nitrogen and oxygen atoms in total. The molecular weight excluding hydrogens is 358 g/mol. The molecule has 0 aliphatic rings. The van der Waals surface area contributed by atoms with Crippen molar-refractivity contribution >= 4 is 38.3 Å². The first-order valence-corrected chi connectivity index (χ1v) is 9.32. The third kappa shape index (κ3) is 6.47. The van der Waals surface area contributed by atoms with Crippen molar-refractivity contribution in [1.29, 1.82) is 0 Å². The minimum absolute atomic E-state index is 0. The SMILES string of the molecule is COc1cc(OC)c(C(=O)Pc2ccc(OCC(C)C)cc2)c(OC)c1.[Li]. The number of ether oxygens (including phenoxy) is 4. The third-order valence-electron chi connectivity index (χ3n) is 3.64. The summed E-state index contributed by atoms with van der Waals surface area (Å²) in [6, 6.07) is 11.0. The Morgan fingerprint density at radius 2 is 1.48 bits per heavy atom. The molecule has 27 heavy (non-hydrogen) atoms. The van der Waals surface area contributed by atoms with Gasteiger partial charge in [-0.2, -0.15) is 0 Å². The molecule has 2 rings (SSSR count). The van der Waals surface area contributed by atoms with Crippen molar-refractivity contribution in [2.75, 3.05) is 27.9 Å². The van der Waals surface area contributed by atoms with Crippen LogP contribution in [0.25, 0.3) is 0 Å². The number of carbonyl (C=O) groups is 1. The molecule has 0 aliphatic carbocycles. The van der Waals surface area contributed by atoms with E-state index >= 15 is 0 Å². The Morgan fingerprint density at radius 1 is 0.926 bits per heavy atom. The summed E-state index contributed by atoms with van der Waals surface area (Å²) in [5, 5.41) is 0.923. The van der Waals surface area contributed by atoms with Gasteiger partial charge in [0.15, 0.2) is 5.52 Å². The van der Waals surface area contributed by atoms with E-state index in [0.29, 0.717) is 35.3 Å². The summed E-state index contributed by atoms with van der Waals surface area (Å²) in [6.45, 7) is 4.87. The number of hydrogen-bond acceptors (Lipinski definition) is 5. The second-order valence-corrected chi connectivity index (χ2v) is 7.37. The van der Waals surface area contributed by atoms with Gasteiger partial charge in [0.2, 0.25) is 0 Å². The van der Waals surface area contributed by atoms with E-state index in [2.05, 4.69) is 13.8 Å². The molecule has 0 saturated heterocycles. The van der Waals surface area contributed by atoms with Gasteiger partial charge >= 0.3 is 0 Å². The molecule has 0 N–H and O–H groups in total. The van der Waals surface area contributed by atoms with E-state index < -0.39 is 0 Å². The van der Waals surface area contributed by atoms with Gasteiger partial charge in [0, 0.05) is 31.0 Å². The van der Waals surface area contributed by atoms with Crippen molar-refractivity contribution in [3.63, 3.8) is 0 Å². The van der Waals surface area contributed by atoms with Gasteiger partial charge in [0.05, 0.1) is 27.9 Å². The molecule has 0 saturated carbocycles. The first-order chi connectivity index (χ1) is 12.5. The molecular formula is C20H25LiO5P. The van der Waals surface area contributed by atoms with E-state index in [-0.39, 0.29) is 33.0 Å². The van der Waals surface area contributed by atoms with Crippen LogP contribution in [-0.4, -0.2) is 52.3 Å². The van der Waals surface area contributed by atoms with Crippen molar-refractivity contribution in [3.8, 4) is 23.0 Å². The molecule has 2 aromatic carbocycles. The van der Waals surface area contributed by atoms with Crippen molar-refractivity contribution in [2.24, 2.45) is 5.92 Å². The van der Waals surface area contributed by atoms with E-state index in [1.165, 1.54) is 14.2 Å². The molecule has 1 unspecified atom stereocenters. The predicted molar refractivity (Wildman–Crippen MR) is 111 cm³/mol. The molecule has 0 bridgehead atoms. The summed E-state index contributed by atoms with van der Waals surface area (Å²) >= 11 is 0. The molecule has 0 aromatic heterocycles. The summed E-state index contributed by atoms with van der Waals surface area (Å²) < 4.78 is 21.6. The van der Waals surface area contributed by atoms with E-state index in [4.69, 9.17) is 18.9 Å². The summed E-state index contributed by atoms with van der Waals surface area (Å²) in [5.41, 5.74) is 0.367. The number of benzene rings is 2. The van der Waals surface area contributed by atoms with Gasteiger partial charge in [-0.3, -0.25) is 4.79 Å². The molecule has 141 valence electrons. The Labute approximate surface area is 174 Å². The monoisotopic (exact) mass is 383 g/mol. The Hall–Kier alpha value is -1.66. The molecule has 1 radical (unpaired) electrons. The summed E-state index contributed by atoms with van der Waals surface area (Å²) in [7, 11) is 4.55. The molecule has 0 aliphatic heterocycles. The van der Waals surface area contributed by atoms with Gasteiger partial charge in [-0.1, -0.05) is 26.0 Å². The van der Waals surface area contributed by atoms with Crippen molar-refractivity contribution < 1.29 is 23.7 Å². The number of carbonyl (C=O) groups excluding carboxylic acids is 1. The van der Waals surface area contributed by atoms with E-state index in [1.54, 1.807) is 19.2 Å². The third-order valence-corrected chi connectivity index (χ3v) is 4.74. The second-order valence-electron chi connectivity index (χ2n) is 6.09. The van der Waals surface area contributed by atoms with E-state index in [1.807, 2.05) is 24.3 Å². The zero-order chi connectivity index (χ0) is 19.1. The van der Waals surface area contributed by atoms with Crippen LogP contribution in [0, 0.1) is 5.92 Å². The molecule has 1 atom stereocenters. The van der Waals surface area contributed by atoms with Gasteiger partial charge in [0.1, 0.15) is 28.6 Å². The van der Waals surface area contributed by atoms with Crippen LogP contribution in [0.2, 0.25) is 0 Å². The van der Waals surface area contributed by atoms with Gasteiger partial charge < -0.3 is 18.9 Å². The fraction of sp³-hybridized carbons (Fsp3) is 0.350. The molecule has 2 aromatic rings. The summed E-state index contributed by atoms with van der Waals surface area (Å²) in [6.07, 6.45) is 0. The number of rotatable bonds is 9. The van der Waals surface area contributed by atoms with E-state index in [0.717, 1.165) is 11.1 Å². The van der Waals surface area contributed by atoms with Crippen LogP contribution in [-0.2, 0) is 0 Å². The minimum Gasteiger partial charge on any atom is -0.496 e. The first-order valence-electron chi connectivity index (χ1n) is 8.32. The van der Waals surface area contributed by atoms with Crippen LogP contribution in [0.3, 0.4) is 0 Å². The van der Waals surface area contributed by atoms with Crippen LogP contribution >= 0.6 is 8.58 Å². The second kappa shape index (κ2) is 11.2. The predicted octanol–water partition coefficient (Wildman–Crippen LogP) is 3.51. The van der Waals surface area contributed by atoms with E-state index in [9.17, 15) is 4.79 Å². The average molecular weight is 383 g/mol. The maximum Gasteiger partial charge on any atom is 0.193 e.